The van der Waals surface area contributed by atoms with Crippen LogP contribution >= 0.6 is 22.6 Å². The normalized spacial score (nSPS) is 27.6. The third-order valence-electron chi connectivity index (χ3n) is 4.79. The van der Waals surface area contributed by atoms with Crippen LogP contribution in [0.3, 0.4) is 0 Å². The summed E-state index contributed by atoms with van der Waals surface area (Å²) in [5, 5.41) is 0. The van der Waals surface area contributed by atoms with Crippen molar-refractivity contribution >= 4 is 22.6 Å². The van der Waals surface area contributed by atoms with Crippen LogP contribution in [0.2, 0.25) is 0 Å². The number of rotatable bonds is 2. The molecule has 1 heterocycles. The molecule has 1 saturated carbocycles. The van der Waals surface area contributed by atoms with Gasteiger partial charge >= 0.3 is 0 Å². The summed E-state index contributed by atoms with van der Waals surface area (Å²) in [7, 11) is 0. The van der Waals surface area contributed by atoms with Gasteiger partial charge in [-0.1, -0.05) is 25.0 Å². The van der Waals surface area contributed by atoms with Crippen LogP contribution in [0.5, 0.6) is 0 Å². The van der Waals surface area contributed by atoms with E-state index in [4.69, 9.17) is 10.5 Å². The minimum atomic E-state index is 0.163. The largest absolute Gasteiger partial charge is 0.375 e. The van der Waals surface area contributed by atoms with Crippen LogP contribution < -0.4 is 5.73 Å². The van der Waals surface area contributed by atoms with E-state index in [0.29, 0.717) is 5.92 Å². The van der Waals surface area contributed by atoms with Gasteiger partial charge in [0.15, 0.2) is 0 Å². The van der Waals surface area contributed by atoms with Gasteiger partial charge in [0.25, 0.3) is 0 Å². The molecule has 1 aliphatic heterocycles. The van der Waals surface area contributed by atoms with Gasteiger partial charge in [-0.15, -0.1) is 0 Å². The Morgan fingerprint density at radius 1 is 1.32 bits per heavy atom. The molecule has 0 amide bonds. The van der Waals surface area contributed by atoms with Crippen LogP contribution in [0, 0.1) is 9.49 Å². The molecule has 0 aromatic heterocycles. The molecule has 1 aromatic rings. The second kappa shape index (κ2) is 5.70. The number of nitrogens with two attached hydrogens (primary N) is 1. The Kier molecular flexibility index (Phi) is 4.15. The number of hydrogen-bond acceptors (Lipinski definition) is 2. The van der Waals surface area contributed by atoms with Crippen LogP contribution in [0.25, 0.3) is 0 Å². The summed E-state index contributed by atoms with van der Waals surface area (Å²) in [6.07, 6.45) is 7.38. The fourth-order valence-electron chi connectivity index (χ4n) is 3.73. The van der Waals surface area contributed by atoms with Gasteiger partial charge < -0.3 is 10.5 Å². The SMILES string of the molecule is NC(c1cccc(I)c1)C1CCOC2(CCCC2)C1. The van der Waals surface area contributed by atoms with E-state index in [0.717, 1.165) is 19.4 Å². The van der Waals surface area contributed by atoms with Gasteiger partial charge in [0.1, 0.15) is 0 Å². The van der Waals surface area contributed by atoms with Crippen molar-refractivity contribution in [2.75, 3.05) is 6.61 Å². The number of hydrogen-bond donors (Lipinski definition) is 1. The van der Waals surface area contributed by atoms with Crippen molar-refractivity contribution in [1.82, 2.24) is 0 Å². The van der Waals surface area contributed by atoms with Gasteiger partial charge in [-0.3, -0.25) is 0 Å². The van der Waals surface area contributed by atoms with Crippen LogP contribution in [0.15, 0.2) is 24.3 Å². The summed E-state index contributed by atoms with van der Waals surface area (Å²) in [6.45, 7) is 0.891. The molecule has 1 saturated heterocycles. The van der Waals surface area contributed by atoms with Gasteiger partial charge in [0, 0.05) is 16.2 Å². The molecule has 1 aromatic carbocycles. The molecule has 3 rings (SSSR count). The molecular formula is C16H22INO. The summed E-state index contributed by atoms with van der Waals surface area (Å²) >= 11 is 2.36. The molecule has 0 bridgehead atoms. The molecule has 1 aliphatic carbocycles. The Morgan fingerprint density at radius 3 is 2.84 bits per heavy atom. The van der Waals surface area contributed by atoms with E-state index in [9.17, 15) is 0 Å². The van der Waals surface area contributed by atoms with Gasteiger partial charge in [0.05, 0.1) is 5.60 Å². The van der Waals surface area contributed by atoms with Crippen molar-refractivity contribution in [3.8, 4) is 0 Å². The highest BCUT2D eigenvalue weighted by Gasteiger charge is 2.41. The molecule has 2 N–H and O–H groups in total. The highest BCUT2D eigenvalue weighted by atomic mass is 127. The quantitative estimate of drug-likeness (QED) is 0.797. The fourth-order valence-corrected chi connectivity index (χ4v) is 4.29. The third-order valence-corrected chi connectivity index (χ3v) is 5.46. The van der Waals surface area contributed by atoms with Gasteiger partial charge in [-0.2, -0.15) is 0 Å². The summed E-state index contributed by atoms with van der Waals surface area (Å²) in [5.41, 5.74) is 7.98. The van der Waals surface area contributed by atoms with Crippen molar-refractivity contribution < 1.29 is 4.74 Å². The van der Waals surface area contributed by atoms with E-state index >= 15 is 0 Å². The number of benzene rings is 1. The first-order valence-electron chi connectivity index (χ1n) is 7.34. The zero-order valence-corrected chi connectivity index (χ0v) is 13.4. The lowest BCUT2D eigenvalue weighted by Crippen LogP contribution is -2.40. The summed E-state index contributed by atoms with van der Waals surface area (Å²) in [6, 6.07) is 8.79. The van der Waals surface area contributed by atoms with Gasteiger partial charge in [-0.25, -0.2) is 0 Å². The highest BCUT2D eigenvalue weighted by Crippen LogP contribution is 2.44. The maximum absolute atomic E-state index is 6.53. The summed E-state index contributed by atoms with van der Waals surface area (Å²) in [4.78, 5) is 0. The zero-order valence-electron chi connectivity index (χ0n) is 11.3. The second-order valence-corrected chi connectivity index (χ2v) is 7.32. The van der Waals surface area contributed by atoms with Crippen LogP contribution in [0.1, 0.15) is 50.1 Å². The summed E-state index contributed by atoms with van der Waals surface area (Å²) in [5.74, 6) is 0.574. The predicted molar refractivity (Wildman–Crippen MR) is 86.0 cm³/mol. The van der Waals surface area contributed by atoms with E-state index in [1.807, 2.05) is 0 Å². The first-order valence-corrected chi connectivity index (χ1v) is 8.41. The lowest BCUT2D eigenvalue weighted by molar-refractivity contribution is -0.0963. The number of halogens is 1. The highest BCUT2D eigenvalue weighted by molar-refractivity contribution is 14.1. The number of ether oxygens (including phenoxy) is 1. The second-order valence-electron chi connectivity index (χ2n) is 6.07. The smallest absolute Gasteiger partial charge is 0.0685 e. The molecule has 19 heavy (non-hydrogen) atoms. The maximum Gasteiger partial charge on any atom is 0.0685 e. The molecule has 0 radical (unpaired) electrons. The molecule has 2 nitrogen and oxygen atoms in total. The zero-order chi connectivity index (χ0) is 13.3. The van der Waals surface area contributed by atoms with Gasteiger partial charge in [-0.05, 0) is 71.9 Å². The van der Waals surface area contributed by atoms with Crippen LogP contribution in [0.4, 0.5) is 0 Å². The lowest BCUT2D eigenvalue weighted by Gasteiger charge is -2.40. The summed E-state index contributed by atoms with van der Waals surface area (Å²) < 4.78 is 7.38. The molecule has 2 fully saturated rings. The lowest BCUT2D eigenvalue weighted by atomic mass is 9.79. The van der Waals surface area contributed by atoms with E-state index in [1.54, 1.807) is 0 Å². The molecule has 104 valence electrons. The molecule has 2 unspecified atom stereocenters. The van der Waals surface area contributed by atoms with Crippen molar-refractivity contribution in [2.45, 2.75) is 50.2 Å². The fraction of sp³-hybridized carbons (Fsp3) is 0.625. The van der Waals surface area contributed by atoms with E-state index in [-0.39, 0.29) is 11.6 Å². The monoisotopic (exact) mass is 371 g/mol. The first-order chi connectivity index (χ1) is 9.19. The van der Waals surface area contributed by atoms with Gasteiger partial charge in [0.2, 0.25) is 0 Å². The Bertz CT molecular complexity index is 442. The molecular weight excluding hydrogens is 349 g/mol. The predicted octanol–water partition coefficient (Wildman–Crippen LogP) is 4.03. The van der Waals surface area contributed by atoms with E-state index in [1.165, 1.54) is 34.8 Å². The Balaban J connectivity index is 1.74. The maximum atomic E-state index is 6.53. The van der Waals surface area contributed by atoms with Crippen molar-refractivity contribution in [3.05, 3.63) is 33.4 Å². The molecule has 2 aliphatic rings. The Hall–Kier alpha value is -0.130. The standard InChI is InChI=1S/C16H22INO/c17-14-5-3-4-12(10-14)15(18)13-6-9-19-16(11-13)7-1-2-8-16/h3-5,10,13,15H,1-2,6-9,11,18H2. The van der Waals surface area contributed by atoms with Crippen molar-refractivity contribution in [1.29, 1.82) is 0 Å². The Morgan fingerprint density at radius 2 is 2.11 bits per heavy atom. The molecule has 1 spiro atoms. The minimum Gasteiger partial charge on any atom is -0.375 e. The van der Waals surface area contributed by atoms with E-state index in [2.05, 4.69) is 46.9 Å². The van der Waals surface area contributed by atoms with Crippen LogP contribution in [-0.4, -0.2) is 12.2 Å². The Labute approximate surface area is 129 Å². The molecule has 3 heteroatoms. The average molecular weight is 371 g/mol. The third kappa shape index (κ3) is 2.98. The molecule has 2 atom stereocenters. The average Bonchev–Trinajstić information content (AvgIpc) is 2.86. The van der Waals surface area contributed by atoms with Crippen molar-refractivity contribution in [2.24, 2.45) is 11.7 Å². The van der Waals surface area contributed by atoms with E-state index < -0.39 is 0 Å². The topological polar surface area (TPSA) is 35.2 Å². The minimum absolute atomic E-state index is 0.163. The van der Waals surface area contributed by atoms with Crippen LogP contribution in [-0.2, 0) is 4.74 Å². The first kappa shape index (κ1) is 13.8. The van der Waals surface area contributed by atoms with Crippen molar-refractivity contribution in [3.63, 3.8) is 0 Å².